The highest BCUT2D eigenvalue weighted by Gasteiger charge is 2.28. The van der Waals surface area contributed by atoms with E-state index in [-0.39, 0.29) is 12.0 Å². The third-order valence-electron chi connectivity index (χ3n) is 4.18. The van der Waals surface area contributed by atoms with Gasteiger partial charge in [-0.25, -0.2) is 13.2 Å². The molecule has 21 heavy (non-hydrogen) atoms. The number of hydrogen-bond acceptors (Lipinski definition) is 2. The first kappa shape index (κ1) is 16.3. The van der Waals surface area contributed by atoms with Crippen LogP contribution < -0.4 is 5.32 Å². The van der Waals surface area contributed by atoms with E-state index in [1.165, 1.54) is 0 Å². The number of nitrogens with one attached hydrogen (secondary N) is 1. The average Bonchev–Trinajstić information content (AvgIpc) is 2.46. The largest absolute Gasteiger partial charge is 0.314 e. The first-order valence-corrected chi connectivity index (χ1v) is 7.63. The molecule has 2 nitrogen and oxygen atoms in total. The van der Waals surface area contributed by atoms with Crippen molar-refractivity contribution in [3.8, 4) is 0 Å². The van der Waals surface area contributed by atoms with Crippen molar-refractivity contribution in [2.45, 2.75) is 32.7 Å². The standard InChI is InChI=1S/C16H23F3N2/c1-3-4-11(2)16(21-7-5-20-6-8-21)12-9-13(17)15(19)14(18)10-12/h9-11,16,20H,3-8H2,1-2H3/t11?,16-/m1/s1. The molecule has 1 unspecified atom stereocenters. The molecule has 1 heterocycles. The van der Waals surface area contributed by atoms with Crippen molar-refractivity contribution in [2.24, 2.45) is 5.92 Å². The summed E-state index contributed by atoms with van der Waals surface area (Å²) in [5, 5.41) is 3.27. The summed E-state index contributed by atoms with van der Waals surface area (Å²) in [7, 11) is 0. The second kappa shape index (κ2) is 7.27. The maximum absolute atomic E-state index is 13.6. The molecule has 1 aromatic rings. The number of rotatable bonds is 5. The number of halogens is 3. The van der Waals surface area contributed by atoms with Gasteiger partial charge in [0.25, 0.3) is 0 Å². The quantitative estimate of drug-likeness (QED) is 0.838. The van der Waals surface area contributed by atoms with Crippen LogP contribution in [-0.2, 0) is 0 Å². The Hall–Kier alpha value is -1.07. The van der Waals surface area contributed by atoms with E-state index in [0.29, 0.717) is 5.56 Å². The van der Waals surface area contributed by atoms with Crippen LogP contribution in [0.25, 0.3) is 0 Å². The van der Waals surface area contributed by atoms with Crippen LogP contribution in [0.2, 0.25) is 0 Å². The van der Waals surface area contributed by atoms with Gasteiger partial charge < -0.3 is 5.32 Å². The van der Waals surface area contributed by atoms with Crippen LogP contribution in [-0.4, -0.2) is 31.1 Å². The molecular weight excluding hydrogens is 277 g/mol. The van der Waals surface area contributed by atoms with E-state index in [0.717, 1.165) is 51.2 Å². The molecule has 1 aromatic carbocycles. The molecule has 1 fully saturated rings. The fraction of sp³-hybridized carbons (Fsp3) is 0.625. The zero-order chi connectivity index (χ0) is 15.4. The summed E-state index contributed by atoms with van der Waals surface area (Å²) < 4.78 is 40.3. The molecule has 0 bridgehead atoms. The van der Waals surface area contributed by atoms with Gasteiger partial charge in [-0.2, -0.15) is 0 Å². The molecule has 1 aliphatic heterocycles. The van der Waals surface area contributed by atoms with Crippen LogP contribution in [0.3, 0.4) is 0 Å². The maximum atomic E-state index is 13.6. The van der Waals surface area contributed by atoms with Crippen LogP contribution in [0.15, 0.2) is 12.1 Å². The summed E-state index contributed by atoms with van der Waals surface area (Å²) >= 11 is 0. The Morgan fingerprint density at radius 2 is 1.71 bits per heavy atom. The lowest BCUT2D eigenvalue weighted by atomic mass is 9.89. The number of hydrogen-bond donors (Lipinski definition) is 1. The second-order valence-electron chi connectivity index (χ2n) is 5.80. The van der Waals surface area contributed by atoms with Gasteiger partial charge >= 0.3 is 0 Å². The maximum Gasteiger partial charge on any atom is 0.194 e. The second-order valence-corrected chi connectivity index (χ2v) is 5.80. The highest BCUT2D eigenvalue weighted by Crippen LogP contribution is 2.33. The van der Waals surface area contributed by atoms with Crippen molar-refractivity contribution in [2.75, 3.05) is 26.2 Å². The van der Waals surface area contributed by atoms with Gasteiger partial charge in [0.05, 0.1) is 0 Å². The molecule has 2 atom stereocenters. The Morgan fingerprint density at radius 1 is 1.14 bits per heavy atom. The first-order valence-electron chi connectivity index (χ1n) is 7.63. The molecule has 5 heteroatoms. The summed E-state index contributed by atoms with van der Waals surface area (Å²) in [6.07, 6.45) is 1.98. The summed E-state index contributed by atoms with van der Waals surface area (Å²) in [5.41, 5.74) is 0.536. The van der Waals surface area contributed by atoms with Gasteiger partial charge in [0.15, 0.2) is 17.5 Å². The highest BCUT2D eigenvalue weighted by atomic mass is 19.2. The van der Waals surface area contributed by atoms with Gasteiger partial charge in [0.1, 0.15) is 0 Å². The lowest BCUT2D eigenvalue weighted by Crippen LogP contribution is -2.46. The lowest BCUT2D eigenvalue weighted by molar-refractivity contribution is 0.125. The zero-order valence-electron chi connectivity index (χ0n) is 12.6. The SMILES string of the molecule is CCCC(C)[C@H](c1cc(F)c(F)c(F)c1)N1CCNCC1. The van der Waals surface area contributed by atoms with Crippen molar-refractivity contribution in [3.05, 3.63) is 35.1 Å². The molecule has 118 valence electrons. The van der Waals surface area contributed by atoms with Crippen LogP contribution in [0.1, 0.15) is 38.3 Å². The molecule has 1 N–H and O–H groups in total. The fourth-order valence-corrected chi connectivity index (χ4v) is 3.22. The van der Waals surface area contributed by atoms with Crippen molar-refractivity contribution < 1.29 is 13.2 Å². The van der Waals surface area contributed by atoms with Crippen molar-refractivity contribution in [1.82, 2.24) is 10.2 Å². The Bertz CT molecular complexity index is 450. The van der Waals surface area contributed by atoms with E-state index < -0.39 is 17.5 Å². The predicted octanol–water partition coefficient (Wildman–Crippen LogP) is 3.49. The van der Waals surface area contributed by atoms with Crippen LogP contribution >= 0.6 is 0 Å². The highest BCUT2D eigenvalue weighted by molar-refractivity contribution is 5.23. The van der Waals surface area contributed by atoms with Gasteiger partial charge in [-0.3, -0.25) is 4.90 Å². The molecule has 2 rings (SSSR count). The van der Waals surface area contributed by atoms with Gasteiger partial charge in [-0.05, 0) is 30.0 Å². The van der Waals surface area contributed by atoms with E-state index in [2.05, 4.69) is 24.1 Å². The molecule has 0 aromatic heterocycles. The van der Waals surface area contributed by atoms with E-state index in [9.17, 15) is 13.2 Å². The van der Waals surface area contributed by atoms with Gasteiger partial charge in [0, 0.05) is 32.2 Å². The minimum atomic E-state index is -1.39. The summed E-state index contributed by atoms with van der Waals surface area (Å²) in [5.74, 6) is -3.33. The Morgan fingerprint density at radius 3 is 2.24 bits per heavy atom. The molecule has 0 spiro atoms. The first-order chi connectivity index (χ1) is 10.0. The lowest BCUT2D eigenvalue weighted by Gasteiger charge is -2.38. The van der Waals surface area contributed by atoms with E-state index in [1.54, 1.807) is 0 Å². The number of nitrogens with zero attached hydrogens (tertiary/aromatic N) is 1. The van der Waals surface area contributed by atoms with E-state index in [4.69, 9.17) is 0 Å². The van der Waals surface area contributed by atoms with Gasteiger partial charge in [0.2, 0.25) is 0 Å². The zero-order valence-corrected chi connectivity index (χ0v) is 12.6. The van der Waals surface area contributed by atoms with E-state index >= 15 is 0 Å². The number of piperazine rings is 1. The predicted molar refractivity (Wildman–Crippen MR) is 77.6 cm³/mol. The van der Waals surface area contributed by atoms with Crippen molar-refractivity contribution in [3.63, 3.8) is 0 Å². The normalized spacial score (nSPS) is 19.5. The molecule has 1 saturated heterocycles. The molecule has 0 aliphatic carbocycles. The minimum absolute atomic E-state index is 0.0725. The average molecular weight is 300 g/mol. The molecule has 0 radical (unpaired) electrons. The Labute approximate surface area is 124 Å². The molecule has 1 aliphatic rings. The van der Waals surface area contributed by atoms with Crippen molar-refractivity contribution in [1.29, 1.82) is 0 Å². The summed E-state index contributed by atoms with van der Waals surface area (Å²) in [6.45, 7) is 7.58. The minimum Gasteiger partial charge on any atom is -0.314 e. The van der Waals surface area contributed by atoms with Gasteiger partial charge in [-0.1, -0.05) is 20.3 Å². The van der Waals surface area contributed by atoms with Crippen LogP contribution in [0.4, 0.5) is 13.2 Å². The smallest absolute Gasteiger partial charge is 0.194 e. The van der Waals surface area contributed by atoms with Crippen LogP contribution in [0.5, 0.6) is 0 Å². The van der Waals surface area contributed by atoms with Crippen molar-refractivity contribution >= 4 is 0 Å². The topological polar surface area (TPSA) is 15.3 Å². The Kier molecular flexibility index (Phi) is 5.65. The van der Waals surface area contributed by atoms with Crippen LogP contribution in [0, 0.1) is 23.4 Å². The fourth-order valence-electron chi connectivity index (χ4n) is 3.22. The monoisotopic (exact) mass is 300 g/mol. The molecule has 0 saturated carbocycles. The van der Waals surface area contributed by atoms with E-state index in [1.807, 2.05) is 0 Å². The summed E-state index contributed by atoms with van der Waals surface area (Å²) in [4.78, 5) is 2.24. The third-order valence-corrected chi connectivity index (χ3v) is 4.18. The molecular formula is C16H23F3N2. The summed E-state index contributed by atoms with van der Waals surface area (Å²) in [6, 6.07) is 2.23. The Balaban J connectivity index is 2.33. The number of benzene rings is 1. The molecule has 0 amide bonds. The van der Waals surface area contributed by atoms with Gasteiger partial charge in [-0.15, -0.1) is 0 Å². The third kappa shape index (κ3) is 3.77.